The number of carbonyl (C=O) groups excluding carboxylic acids is 2. The summed E-state index contributed by atoms with van der Waals surface area (Å²) >= 11 is 0. The summed E-state index contributed by atoms with van der Waals surface area (Å²) in [4.78, 5) is 23.4. The molecule has 4 nitrogen and oxygen atoms in total. The highest BCUT2D eigenvalue weighted by atomic mass is 19.1. The Bertz CT molecular complexity index is 778. The Balaban J connectivity index is 2.02. The van der Waals surface area contributed by atoms with Crippen LogP contribution in [-0.2, 0) is 11.2 Å². The van der Waals surface area contributed by atoms with Crippen molar-refractivity contribution in [2.24, 2.45) is 0 Å². The SMILES string of the molecule is CNC(=O)c1cc(NC(=O)CCc2cc(F)ccc2F)ccc1F. The van der Waals surface area contributed by atoms with Gasteiger partial charge in [-0.2, -0.15) is 0 Å². The second-order valence-electron chi connectivity index (χ2n) is 5.06. The molecule has 0 spiro atoms. The Kier molecular flexibility index (Phi) is 5.57. The molecule has 2 N–H and O–H groups in total. The van der Waals surface area contributed by atoms with Gasteiger partial charge in [-0.1, -0.05) is 0 Å². The van der Waals surface area contributed by atoms with Crippen LogP contribution < -0.4 is 10.6 Å². The zero-order valence-corrected chi connectivity index (χ0v) is 12.8. The third-order valence-electron chi connectivity index (χ3n) is 3.35. The monoisotopic (exact) mass is 336 g/mol. The van der Waals surface area contributed by atoms with Crippen LogP contribution in [0.3, 0.4) is 0 Å². The highest BCUT2D eigenvalue weighted by Crippen LogP contribution is 2.16. The highest BCUT2D eigenvalue weighted by Gasteiger charge is 2.13. The summed E-state index contributed by atoms with van der Waals surface area (Å²) in [5.74, 6) is -2.97. The molecule has 0 bridgehead atoms. The maximum absolute atomic E-state index is 13.5. The number of rotatable bonds is 5. The second-order valence-corrected chi connectivity index (χ2v) is 5.06. The second kappa shape index (κ2) is 7.63. The Morgan fingerprint density at radius 2 is 1.71 bits per heavy atom. The van der Waals surface area contributed by atoms with E-state index in [0.29, 0.717) is 0 Å². The number of nitrogens with one attached hydrogen (secondary N) is 2. The zero-order valence-electron chi connectivity index (χ0n) is 12.8. The quantitative estimate of drug-likeness (QED) is 0.882. The van der Waals surface area contributed by atoms with E-state index in [4.69, 9.17) is 0 Å². The first-order valence-corrected chi connectivity index (χ1v) is 7.16. The zero-order chi connectivity index (χ0) is 17.7. The lowest BCUT2D eigenvalue weighted by Crippen LogP contribution is -2.20. The number of anilines is 1. The molecular weight excluding hydrogens is 321 g/mol. The summed E-state index contributed by atoms with van der Waals surface area (Å²) in [6.45, 7) is 0. The molecule has 126 valence electrons. The van der Waals surface area contributed by atoms with Gasteiger partial charge in [-0.3, -0.25) is 9.59 Å². The van der Waals surface area contributed by atoms with Gasteiger partial charge in [0.05, 0.1) is 5.56 Å². The molecule has 24 heavy (non-hydrogen) atoms. The van der Waals surface area contributed by atoms with E-state index in [-0.39, 0.29) is 29.7 Å². The number of amides is 2. The molecule has 0 aliphatic carbocycles. The molecule has 0 atom stereocenters. The summed E-state index contributed by atoms with van der Waals surface area (Å²) in [5, 5.41) is 4.78. The van der Waals surface area contributed by atoms with Crippen LogP contribution in [0.2, 0.25) is 0 Å². The molecule has 2 aromatic carbocycles. The topological polar surface area (TPSA) is 58.2 Å². The van der Waals surface area contributed by atoms with E-state index in [1.165, 1.54) is 19.2 Å². The lowest BCUT2D eigenvalue weighted by Gasteiger charge is -2.08. The first kappa shape index (κ1) is 17.5. The van der Waals surface area contributed by atoms with Crippen LogP contribution in [0.4, 0.5) is 18.9 Å². The smallest absolute Gasteiger partial charge is 0.254 e. The predicted octanol–water partition coefficient (Wildman–Crippen LogP) is 3.03. The Labute approximate surface area is 136 Å². The minimum absolute atomic E-state index is 0.0128. The Hall–Kier alpha value is -2.83. The summed E-state index contributed by atoms with van der Waals surface area (Å²) in [7, 11) is 1.36. The first-order chi connectivity index (χ1) is 11.4. The van der Waals surface area contributed by atoms with Crippen LogP contribution in [0, 0.1) is 17.5 Å². The van der Waals surface area contributed by atoms with Crippen molar-refractivity contribution in [3.63, 3.8) is 0 Å². The summed E-state index contributed by atoms with van der Waals surface area (Å²) < 4.78 is 40.1. The normalized spacial score (nSPS) is 10.3. The molecule has 0 aliphatic rings. The average Bonchev–Trinajstić information content (AvgIpc) is 2.56. The van der Waals surface area contributed by atoms with Crippen molar-refractivity contribution in [3.05, 3.63) is 65.0 Å². The molecule has 0 heterocycles. The van der Waals surface area contributed by atoms with E-state index in [1.807, 2.05) is 0 Å². The Morgan fingerprint density at radius 1 is 1.00 bits per heavy atom. The molecule has 7 heteroatoms. The minimum atomic E-state index is -0.714. The first-order valence-electron chi connectivity index (χ1n) is 7.16. The van der Waals surface area contributed by atoms with Gasteiger partial charge < -0.3 is 10.6 Å². The van der Waals surface area contributed by atoms with Crippen molar-refractivity contribution >= 4 is 17.5 Å². The van der Waals surface area contributed by atoms with Gasteiger partial charge in [0.2, 0.25) is 5.91 Å². The molecule has 0 radical (unpaired) electrons. The van der Waals surface area contributed by atoms with Gasteiger partial charge in [-0.25, -0.2) is 13.2 Å². The third kappa shape index (κ3) is 4.34. The van der Waals surface area contributed by atoms with Crippen LogP contribution in [-0.4, -0.2) is 18.9 Å². The third-order valence-corrected chi connectivity index (χ3v) is 3.35. The van der Waals surface area contributed by atoms with Crippen molar-refractivity contribution < 1.29 is 22.8 Å². The van der Waals surface area contributed by atoms with Gasteiger partial charge in [0, 0.05) is 19.2 Å². The van der Waals surface area contributed by atoms with Gasteiger partial charge in [-0.15, -0.1) is 0 Å². The van der Waals surface area contributed by atoms with E-state index in [2.05, 4.69) is 10.6 Å². The lowest BCUT2D eigenvalue weighted by molar-refractivity contribution is -0.116. The molecule has 0 aliphatic heterocycles. The van der Waals surface area contributed by atoms with E-state index >= 15 is 0 Å². The maximum Gasteiger partial charge on any atom is 0.254 e. The molecule has 2 aromatic rings. The van der Waals surface area contributed by atoms with Gasteiger partial charge in [-0.05, 0) is 48.4 Å². The molecule has 0 fully saturated rings. The molecule has 0 saturated carbocycles. The van der Waals surface area contributed by atoms with E-state index in [1.54, 1.807) is 0 Å². The molecule has 0 unspecified atom stereocenters. The maximum atomic E-state index is 13.5. The van der Waals surface area contributed by atoms with Crippen molar-refractivity contribution in [2.75, 3.05) is 12.4 Å². The fourth-order valence-electron chi connectivity index (χ4n) is 2.12. The molecule has 0 aromatic heterocycles. The average molecular weight is 336 g/mol. The minimum Gasteiger partial charge on any atom is -0.355 e. The van der Waals surface area contributed by atoms with E-state index in [9.17, 15) is 22.8 Å². The fourth-order valence-corrected chi connectivity index (χ4v) is 2.12. The summed E-state index contributed by atoms with van der Waals surface area (Å²) in [6.07, 6.45) is -0.0774. The Morgan fingerprint density at radius 3 is 2.42 bits per heavy atom. The fraction of sp³-hybridized carbons (Fsp3) is 0.176. The number of halogens is 3. The summed E-state index contributed by atoms with van der Waals surface area (Å²) in [6, 6.07) is 6.60. The van der Waals surface area contributed by atoms with E-state index < -0.39 is 29.3 Å². The van der Waals surface area contributed by atoms with Crippen LogP contribution >= 0.6 is 0 Å². The van der Waals surface area contributed by atoms with Crippen molar-refractivity contribution in [3.8, 4) is 0 Å². The van der Waals surface area contributed by atoms with Crippen LogP contribution in [0.5, 0.6) is 0 Å². The molecule has 2 rings (SSSR count). The van der Waals surface area contributed by atoms with Crippen molar-refractivity contribution in [2.45, 2.75) is 12.8 Å². The number of aryl methyl sites for hydroxylation is 1. The number of carbonyl (C=O) groups is 2. The van der Waals surface area contributed by atoms with Crippen LogP contribution in [0.15, 0.2) is 36.4 Å². The largest absolute Gasteiger partial charge is 0.355 e. The number of benzene rings is 2. The van der Waals surface area contributed by atoms with Crippen molar-refractivity contribution in [1.82, 2.24) is 5.32 Å². The summed E-state index contributed by atoms with van der Waals surface area (Å²) in [5.41, 5.74) is 0.126. The van der Waals surface area contributed by atoms with Gasteiger partial charge in [0.25, 0.3) is 5.91 Å². The van der Waals surface area contributed by atoms with E-state index in [0.717, 1.165) is 24.3 Å². The number of hydrogen-bond acceptors (Lipinski definition) is 2. The van der Waals surface area contributed by atoms with Gasteiger partial charge >= 0.3 is 0 Å². The van der Waals surface area contributed by atoms with Gasteiger partial charge in [0.1, 0.15) is 17.5 Å². The highest BCUT2D eigenvalue weighted by molar-refractivity contribution is 5.97. The molecular formula is C17H15F3N2O2. The molecule has 2 amide bonds. The van der Waals surface area contributed by atoms with Crippen LogP contribution in [0.25, 0.3) is 0 Å². The van der Waals surface area contributed by atoms with Gasteiger partial charge in [0.15, 0.2) is 0 Å². The predicted molar refractivity (Wildman–Crippen MR) is 83.1 cm³/mol. The van der Waals surface area contributed by atoms with Crippen LogP contribution in [0.1, 0.15) is 22.3 Å². The lowest BCUT2D eigenvalue weighted by atomic mass is 10.1. The standard InChI is InChI=1S/C17H15F3N2O2/c1-21-17(24)13-9-12(4-6-15(13)20)22-16(23)7-2-10-8-11(18)3-5-14(10)19/h3-6,8-9H,2,7H2,1H3,(H,21,24)(H,22,23). The number of hydrogen-bond donors (Lipinski definition) is 2. The molecule has 0 saturated heterocycles. The van der Waals surface area contributed by atoms with Crippen molar-refractivity contribution in [1.29, 1.82) is 0 Å².